The van der Waals surface area contributed by atoms with Gasteiger partial charge in [0.1, 0.15) is 18.8 Å². The molecule has 0 aliphatic heterocycles. The highest BCUT2D eigenvalue weighted by molar-refractivity contribution is 6.74. The molecule has 0 radical (unpaired) electrons. The minimum atomic E-state index is -2.87. The van der Waals surface area contributed by atoms with Crippen LogP contribution in [-0.4, -0.2) is 60.4 Å². The van der Waals surface area contributed by atoms with E-state index in [9.17, 15) is 4.79 Å². The van der Waals surface area contributed by atoms with Crippen LogP contribution < -0.4 is 9.47 Å². The van der Waals surface area contributed by atoms with Gasteiger partial charge in [-0.3, -0.25) is 19.3 Å². The molecule has 272 valence electrons. The van der Waals surface area contributed by atoms with Crippen LogP contribution in [0.15, 0.2) is 71.3 Å². The van der Waals surface area contributed by atoms with Crippen LogP contribution in [-0.2, 0) is 28.9 Å². The molecule has 2 heterocycles. The number of pyridine rings is 1. The molecule has 5 atom stereocenters. The molecule has 0 bridgehead atoms. The quantitative estimate of drug-likeness (QED) is 0.128. The van der Waals surface area contributed by atoms with Crippen molar-refractivity contribution in [3.05, 3.63) is 106 Å². The van der Waals surface area contributed by atoms with Crippen molar-refractivity contribution in [2.75, 3.05) is 14.1 Å². The van der Waals surface area contributed by atoms with Gasteiger partial charge in [0.25, 0.3) is 5.88 Å². The molecular weight excluding hydrogens is 675 g/mol. The molecule has 4 aromatic rings. The Hall–Kier alpha value is -4.45. The molecule has 0 N–H and O–H groups in total. The number of rotatable bonds is 9. The number of ether oxygens (including phenoxy) is 2. The summed E-state index contributed by atoms with van der Waals surface area (Å²) in [5, 5.41) is 3.91. The van der Waals surface area contributed by atoms with E-state index >= 15 is 9.59 Å². The predicted octanol–water partition coefficient (Wildman–Crippen LogP) is 7.36. The minimum absolute atomic E-state index is 0.0128. The maximum atomic E-state index is 15.6. The number of nitrogens with zero attached hydrogens (tertiary/aromatic N) is 3. The Bertz CT molecular complexity index is 2020. The van der Waals surface area contributed by atoms with Crippen molar-refractivity contribution in [2.24, 2.45) is 17.8 Å². The zero-order valence-corrected chi connectivity index (χ0v) is 32.2. The van der Waals surface area contributed by atoms with Gasteiger partial charge in [-0.15, -0.1) is 0 Å². The molecular formula is C41H47N3O7Si. The number of aromatic nitrogens is 2. The summed E-state index contributed by atoms with van der Waals surface area (Å²) in [5.74, 6) is -3.02. The number of benzene rings is 2. The lowest BCUT2D eigenvalue weighted by Crippen LogP contribution is -2.70. The molecule has 52 heavy (non-hydrogen) atoms. The van der Waals surface area contributed by atoms with Crippen molar-refractivity contribution >= 4 is 25.7 Å². The fourth-order valence-electron chi connectivity index (χ4n) is 8.04. The second kappa shape index (κ2) is 13.2. The normalized spacial score (nSPS) is 24.2. The van der Waals surface area contributed by atoms with Crippen molar-refractivity contribution in [1.29, 1.82) is 0 Å². The molecule has 0 saturated heterocycles. The van der Waals surface area contributed by atoms with Gasteiger partial charge >= 0.3 is 0 Å². The van der Waals surface area contributed by atoms with Crippen LogP contribution >= 0.6 is 0 Å². The van der Waals surface area contributed by atoms with Crippen LogP contribution in [0, 0.1) is 24.7 Å². The lowest BCUT2D eigenvalue weighted by molar-refractivity contribution is -0.151. The van der Waals surface area contributed by atoms with Gasteiger partial charge in [-0.05, 0) is 85.8 Å². The molecule has 11 heteroatoms. The molecule has 7 rings (SSSR count). The van der Waals surface area contributed by atoms with Crippen molar-refractivity contribution in [1.82, 2.24) is 15.0 Å². The average molecular weight is 722 g/mol. The summed E-state index contributed by atoms with van der Waals surface area (Å²) in [4.78, 5) is 52.4. The summed E-state index contributed by atoms with van der Waals surface area (Å²) in [6.07, 6.45) is 0.838. The minimum Gasteiger partial charge on any atom is -0.472 e. The number of Topliss-reactive ketones (excluding diaryl/α,β-unsaturated/α-hetero) is 3. The molecule has 0 amide bonds. The summed E-state index contributed by atoms with van der Waals surface area (Å²) in [6.45, 7) is 12.5. The largest absolute Gasteiger partial charge is 0.472 e. The maximum absolute atomic E-state index is 15.6. The first-order valence-electron chi connectivity index (χ1n) is 18.0. The van der Waals surface area contributed by atoms with Crippen LogP contribution in [0.5, 0.6) is 11.8 Å². The fraction of sp³-hybridized carbons (Fsp3) is 0.439. The summed E-state index contributed by atoms with van der Waals surface area (Å²) in [6, 6.07) is 20.6. The standard InChI is InChI=1S/C41H47N3O7Si/c1-24-19-27-20-28-21-29-33(44(5)6)35-32(39(43-50-35)49-23-26-17-13-10-14-18-26)37(47)41(29,51-52(7,8)40(2,3)4)36(46)30(28)34(45)31(27)38(42-24)48-22-25-15-11-9-12-16-25/h9-19,28-30,33H,20-23H2,1-8H3/t28-,29-,30?,33-,41-/m0/s1. The van der Waals surface area contributed by atoms with E-state index in [1.54, 1.807) is 0 Å². The number of ketones is 3. The van der Waals surface area contributed by atoms with Crippen molar-refractivity contribution in [3.8, 4) is 11.8 Å². The van der Waals surface area contributed by atoms with Gasteiger partial charge in [-0.25, -0.2) is 4.98 Å². The topological polar surface area (TPSA) is 121 Å². The summed E-state index contributed by atoms with van der Waals surface area (Å²) in [5.41, 5.74) is 1.77. The Morgan fingerprint density at radius 2 is 1.50 bits per heavy atom. The molecule has 2 aromatic heterocycles. The van der Waals surface area contributed by atoms with E-state index in [1.165, 1.54) is 0 Å². The molecule has 0 spiro atoms. The third-order valence-electron chi connectivity index (χ3n) is 11.5. The Morgan fingerprint density at radius 3 is 2.08 bits per heavy atom. The van der Waals surface area contributed by atoms with Crippen molar-refractivity contribution in [2.45, 2.75) is 83.5 Å². The van der Waals surface area contributed by atoms with E-state index < -0.39 is 43.4 Å². The Kier molecular flexibility index (Phi) is 9.12. The molecule has 2 aromatic carbocycles. The number of carbonyl (C=O) groups excluding carboxylic acids is 3. The molecule has 10 nitrogen and oxygen atoms in total. The first-order chi connectivity index (χ1) is 24.6. The molecule has 3 aliphatic carbocycles. The Labute approximate surface area is 306 Å². The second-order valence-electron chi connectivity index (χ2n) is 16.2. The van der Waals surface area contributed by atoms with E-state index in [1.807, 2.05) is 106 Å². The van der Waals surface area contributed by atoms with Crippen LogP contribution in [0.25, 0.3) is 0 Å². The third kappa shape index (κ3) is 5.92. The number of aryl methyl sites for hydroxylation is 1. The first kappa shape index (κ1) is 35.9. The average Bonchev–Trinajstić information content (AvgIpc) is 3.51. The van der Waals surface area contributed by atoms with E-state index in [4.69, 9.17) is 18.4 Å². The SMILES string of the molecule is Cc1cc2c(c(OCc3ccccc3)n1)C(=O)C1C(=O)[C@]3(O[Si](C)(C)C(C)(C)C)C(=O)c4c(OCc5ccccc5)noc4[C@@H](N(C)C)[C@@H]3C[C@@H]1C2. The zero-order chi connectivity index (χ0) is 37.2. The lowest BCUT2D eigenvalue weighted by Gasteiger charge is -2.56. The monoisotopic (exact) mass is 721 g/mol. The maximum Gasteiger partial charge on any atom is 0.265 e. The molecule has 3 aliphatic rings. The second-order valence-corrected chi connectivity index (χ2v) is 21.0. The molecule has 1 fully saturated rings. The van der Waals surface area contributed by atoms with E-state index in [0.717, 1.165) is 22.4 Å². The number of carbonyl (C=O) groups is 3. The Balaban J connectivity index is 1.35. The molecule has 1 unspecified atom stereocenters. The van der Waals surface area contributed by atoms with E-state index in [-0.39, 0.29) is 47.3 Å². The smallest absolute Gasteiger partial charge is 0.265 e. The fourth-order valence-corrected chi connectivity index (χ4v) is 9.49. The van der Waals surface area contributed by atoms with Crippen LogP contribution in [0.2, 0.25) is 18.1 Å². The van der Waals surface area contributed by atoms with E-state index in [2.05, 4.69) is 30.9 Å². The molecule has 1 saturated carbocycles. The lowest BCUT2D eigenvalue weighted by atomic mass is 9.54. The zero-order valence-electron chi connectivity index (χ0n) is 31.2. The summed E-state index contributed by atoms with van der Waals surface area (Å²) >= 11 is 0. The predicted molar refractivity (Wildman–Crippen MR) is 197 cm³/mol. The van der Waals surface area contributed by atoms with Crippen LogP contribution in [0.4, 0.5) is 0 Å². The number of fused-ring (bicyclic) bond motifs is 4. The number of hydrogen-bond donors (Lipinski definition) is 0. The van der Waals surface area contributed by atoms with E-state index in [0.29, 0.717) is 24.2 Å². The highest BCUT2D eigenvalue weighted by atomic mass is 28.4. The highest BCUT2D eigenvalue weighted by Gasteiger charge is 2.70. The third-order valence-corrected chi connectivity index (χ3v) is 16.0. The van der Waals surface area contributed by atoms with Gasteiger partial charge < -0.3 is 18.4 Å². The van der Waals surface area contributed by atoms with Gasteiger partial charge in [0.2, 0.25) is 11.7 Å². The Morgan fingerprint density at radius 1 is 0.904 bits per heavy atom. The van der Waals surface area contributed by atoms with Gasteiger partial charge in [0, 0.05) is 11.6 Å². The van der Waals surface area contributed by atoms with Crippen LogP contribution in [0.3, 0.4) is 0 Å². The van der Waals surface area contributed by atoms with Crippen LogP contribution in [0.1, 0.15) is 82.1 Å². The van der Waals surface area contributed by atoms with Gasteiger partial charge in [-0.2, -0.15) is 0 Å². The number of hydrogen-bond acceptors (Lipinski definition) is 10. The highest BCUT2D eigenvalue weighted by Crippen LogP contribution is 2.58. The summed E-state index contributed by atoms with van der Waals surface area (Å²) < 4.78 is 25.6. The summed E-state index contributed by atoms with van der Waals surface area (Å²) in [7, 11) is 0.935. The van der Waals surface area contributed by atoms with Gasteiger partial charge in [0.15, 0.2) is 31.2 Å². The van der Waals surface area contributed by atoms with Crippen molar-refractivity contribution in [3.63, 3.8) is 0 Å². The first-order valence-corrected chi connectivity index (χ1v) is 20.9. The van der Waals surface area contributed by atoms with Gasteiger partial charge in [-0.1, -0.05) is 81.4 Å². The van der Waals surface area contributed by atoms with Crippen molar-refractivity contribution < 1.29 is 32.8 Å². The van der Waals surface area contributed by atoms with Gasteiger partial charge in [0.05, 0.1) is 17.5 Å².